The number of benzene rings is 1. The number of aromatic hydroxyl groups is 1. The minimum absolute atomic E-state index is 0.115. The van der Waals surface area contributed by atoms with Crippen LogP contribution in [0.4, 0.5) is 0 Å². The van der Waals surface area contributed by atoms with Crippen LogP contribution in [0.25, 0.3) is 16.4 Å². The molecule has 0 aliphatic carbocycles. The predicted molar refractivity (Wildman–Crippen MR) is 77.9 cm³/mol. The fraction of sp³-hybridized carbons (Fsp3) is 0.125. The molecule has 1 aromatic carbocycles. The van der Waals surface area contributed by atoms with Crippen molar-refractivity contribution in [2.45, 2.75) is 6.92 Å². The van der Waals surface area contributed by atoms with Crippen LogP contribution in [0.2, 0.25) is 0 Å². The van der Waals surface area contributed by atoms with Crippen LogP contribution in [0.3, 0.4) is 0 Å². The Morgan fingerprint density at radius 1 is 1.33 bits per heavy atom. The highest BCUT2D eigenvalue weighted by Gasteiger charge is 2.22. The lowest BCUT2D eigenvalue weighted by molar-refractivity contribution is 0.0530. The molecule has 1 N–H and O–H groups in total. The van der Waals surface area contributed by atoms with Gasteiger partial charge in [0.25, 0.3) is 0 Å². The second-order valence-electron chi connectivity index (χ2n) is 4.56. The van der Waals surface area contributed by atoms with E-state index < -0.39 is 5.97 Å². The molecule has 21 heavy (non-hydrogen) atoms. The van der Waals surface area contributed by atoms with Crippen molar-refractivity contribution >= 4 is 28.7 Å². The van der Waals surface area contributed by atoms with Crippen molar-refractivity contribution in [2.24, 2.45) is 0 Å². The SMILES string of the molecule is CCOC(=O)c1c2ccc(O)c(C=O)c2n2ccccc12. The summed E-state index contributed by atoms with van der Waals surface area (Å²) in [6, 6.07) is 8.40. The van der Waals surface area contributed by atoms with Gasteiger partial charge in [-0.1, -0.05) is 6.07 Å². The Bertz CT molecular complexity index is 863. The van der Waals surface area contributed by atoms with Gasteiger partial charge in [-0.15, -0.1) is 0 Å². The molecule has 0 spiro atoms. The number of hydrogen-bond donors (Lipinski definition) is 1. The summed E-state index contributed by atoms with van der Waals surface area (Å²) in [6.45, 7) is 2.00. The van der Waals surface area contributed by atoms with Crippen LogP contribution in [-0.2, 0) is 4.74 Å². The molecule has 0 radical (unpaired) electrons. The summed E-state index contributed by atoms with van der Waals surface area (Å²) in [7, 11) is 0. The Morgan fingerprint density at radius 3 is 2.86 bits per heavy atom. The highest BCUT2D eigenvalue weighted by molar-refractivity contribution is 6.15. The van der Waals surface area contributed by atoms with Crippen molar-refractivity contribution in [3.05, 3.63) is 47.7 Å². The highest BCUT2D eigenvalue weighted by Crippen LogP contribution is 2.33. The summed E-state index contributed by atoms with van der Waals surface area (Å²) in [4.78, 5) is 23.5. The maximum atomic E-state index is 12.2. The number of ether oxygens (including phenoxy) is 1. The molecule has 0 fully saturated rings. The fourth-order valence-electron chi connectivity index (χ4n) is 2.57. The van der Waals surface area contributed by atoms with Crippen molar-refractivity contribution < 1.29 is 19.4 Å². The second-order valence-corrected chi connectivity index (χ2v) is 4.56. The number of phenolic OH excluding ortho intramolecular Hbond substituents is 1. The van der Waals surface area contributed by atoms with E-state index in [-0.39, 0.29) is 17.9 Å². The molecule has 0 saturated carbocycles. The van der Waals surface area contributed by atoms with E-state index in [9.17, 15) is 14.7 Å². The standard InChI is InChI=1S/C16H13NO4/c1-2-21-16(20)14-10-6-7-13(19)11(9-18)15(10)17-8-4-3-5-12(14)17/h3-9,19H,2H2,1H3. The number of fused-ring (bicyclic) bond motifs is 3. The maximum absolute atomic E-state index is 12.2. The van der Waals surface area contributed by atoms with Crippen molar-refractivity contribution in [3.63, 3.8) is 0 Å². The average Bonchev–Trinajstić information content (AvgIpc) is 2.82. The van der Waals surface area contributed by atoms with E-state index >= 15 is 0 Å². The molecule has 0 unspecified atom stereocenters. The summed E-state index contributed by atoms with van der Waals surface area (Å²) in [5.41, 5.74) is 1.70. The van der Waals surface area contributed by atoms with Crippen LogP contribution in [0.15, 0.2) is 36.5 Å². The lowest BCUT2D eigenvalue weighted by Crippen LogP contribution is -2.04. The zero-order valence-corrected chi connectivity index (χ0v) is 11.4. The Kier molecular flexibility index (Phi) is 3.10. The molecular formula is C16H13NO4. The van der Waals surface area contributed by atoms with Gasteiger partial charge in [-0.05, 0) is 31.2 Å². The minimum atomic E-state index is -0.446. The first-order chi connectivity index (χ1) is 10.2. The monoisotopic (exact) mass is 283 g/mol. The zero-order chi connectivity index (χ0) is 15.0. The molecule has 106 valence electrons. The third kappa shape index (κ3) is 1.86. The lowest BCUT2D eigenvalue weighted by atomic mass is 10.1. The molecule has 0 bridgehead atoms. The maximum Gasteiger partial charge on any atom is 0.340 e. The Morgan fingerprint density at radius 2 is 2.14 bits per heavy atom. The van der Waals surface area contributed by atoms with Crippen molar-refractivity contribution in [3.8, 4) is 5.75 Å². The molecule has 2 aromatic heterocycles. The Labute approximate surface area is 120 Å². The largest absolute Gasteiger partial charge is 0.507 e. The highest BCUT2D eigenvalue weighted by atomic mass is 16.5. The van der Waals surface area contributed by atoms with E-state index in [4.69, 9.17) is 4.74 Å². The van der Waals surface area contributed by atoms with Crippen molar-refractivity contribution in [2.75, 3.05) is 6.61 Å². The van der Waals surface area contributed by atoms with E-state index in [1.165, 1.54) is 6.07 Å². The summed E-state index contributed by atoms with van der Waals surface area (Å²) >= 11 is 0. The molecule has 5 heteroatoms. The zero-order valence-electron chi connectivity index (χ0n) is 11.4. The number of rotatable bonds is 3. The molecule has 3 rings (SSSR count). The summed E-state index contributed by atoms with van der Waals surface area (Å²) in [5, 5.41) is 10.4. The number of phenols is 1. The third-order valence-electron chi connectivity index (χ3n) is 3.42. The number of aldehydes is 1. The second kappa shape index (κ2) is 4.94. The smallest absolute Gasteiger partial charge is 0.340 e. The first-order valence-electron chi connectivity index (χ1n) is 6.56. The molecule has 0 aliphatic heterocycles. The quantitative estimate of drug-likeness (QED) is 0.593. The average molecular weight is 283 g/mol. The summed E-state index contributed by atoms with van der Waals surface area (Å²) in [6.07, 6.45) is 2.33. The van der Waals surface area contributed by atoms with Gasteiger partial charge in [0.1, 0.15) is 5.75 Å². The topological polar surface area (TPSA) is 68.0 Å². The number of aromatic nitrogens is 1. The molecule has 2 heterocycles. The summed E-state index contributed by atoms with van der Waals surface area (Å²) < 4.78 is 6.82. The minimum Gasteiger partial charge on any atom is -0.507 e. The molecule has 0 atom stereocenters. The van der Waals surface area contributed by atoms with Crippen LogP contribution in [0.1, 0.15) is 27.6 Å². The van der Waals surface area contributed by atoms with Gasteiger partial charge in [0.05, 0.1) is 28.8 Å². The number of pyridine rings is 1. The van der Waals surface area contributed by atoms with E-state index in [1.54, 1.807) is 41.8 Å². The predicted octanol–water partition coefficient (Wildman–Crippen LogP) is 2.79. The third-order valence-corrected chi connectivity index (χ3v) is 3.42. The normalized spacial score (nSPS) is 10.9. The summed E-state index contributed by atoms with van der Waals surface area (Å²) in [5.74, 6) is -0.560. The number of carbonyl (C=O) groups excluding carboxylic acids is 2. The fourth-order valence-corrected chi connectivity index (χ4v) is 2.57. The van der Waals surface area contributed by atoms with Gasteiger partial charge in [0.2, 0.25) is 0 Å². The molecular weight excluding hydrogens is 270 g/mol. The van der Waals surface area contributed by atoms with Crippen LogP contribution in [0, 0.1) is 0 Å². The molecule has 3 aromatic rings. The van der Waals surface area contributed by atoms with Crippen LogP contribution < -0.4 is 0 Å². The van der Waals surface area contributed by atoms with Gasteiger partial charge < -0.3 is 14.2 Å². The van der Waals surface area contributed by atoms with Gasteiger partial charge in [-0.2, -0.15) is 0 Å². The molecule has 5 nitrogen and oxygen atoms in total. The van der Waals surface area contributed by atoms with Gasteiger partial charge in [0.15, 0.2) is 6.29 Å². The van der Waals surface area contributed by atoms with Crippen LogP contribution >= 0.6 is 0 Å². The van der Waals surface area contributed by atoms with Gasteiger partial charge in [0, 0.05) is 11.6 Å². The van der Waals surface area contributed by atoms with Gasteiger partial charge in [-0.3, -0.25) is 4.79 Å². The Balaban J connectivity index is 2.51. The number of hydrogen-bond acceptors (Lipinski definition) is 4. The first kappa shape index (κ1) is 13.2. The number of carbonyl (C=O) groups is 2. The van der Waals surface area contributed by atoms with E-state index in [0.29, 0.717) is 28.3 Å². The molecule has 0 amide bonds. The van der Waals surface area contributed by atoms with Crippen LogP contribution in [-0.4, -0.2) is 28.4 Å². The molecule has 0 aliphatic rings. The van der Waals surface area contributed by atoms with E-state index in [1.807, 2.05) is 0 Å². The first-order valence-corrected chi connectivity index (χ1v) is 6.56. The lowest BCUT2D eigenvalue weighted by Gasteiger charge is -2.02. The molecule has 0 saturated heterocycles. The number of nitrogens with zero attached hydrogens (tertiary/aromatic N) is 1. The van der Waals surface area contributed by atoms with Crippen molar-refractivity contribution in [1.29, 1.82) is 0 Å². The van der Waals surface area contributed by atoms with Crippen LogP contribution in [0.5, 0.6) is 5.75 Å². The van der Waals surface area contributed by atoms with Crippen molar-refractivity contribution in [1.82, 2.24) is 4.40 Å². The van der Waals surface area contributed by atoms with Gasteiger partial charge >= 0.3 is 5.97 Å². The van der Waals surface area contributed by atoms with Gasteiger partial charge in [-0.25, -0.2) is 4.79 Å². The number of esters is 1. The van der Waals surface area contributed by atoms with E-state index in [2.05, 4.69) is 0 Å². The Hall–Kier alpha value is -2.82. The van der Waals surface area contributed by atoms with E-state index in [0.717, 1.165) is 0 Å².